The van der Waals surface area contributed by atoms with Crippen LogP contribution < -0.4 is 10.5 Å². The lowest BCUT2D eigenvalue weighted by molar-refractivity contribution is -0.384. The molecular formula is C27H21N5O4. The minimum Gasteiger partial charge on any atom is -0.308 e. The molecule has 4 aromatic rings. The lowest BCUT2D eigenvalue weighted by Gasteiger charge is -2.23. The second-order valence-corrected chi connectivity index (χ2v) is 9.02. The van der Waals surface area contributed by atoms with Crippen LogP contribution in [0.25, 0.3) is 10.9 Å². The number of nitro benzene ring substituents is 1. The third-order valence-electron chi connectivity index (χ3n) is 6.85. The molecule has 0 saturated heterocycles. The number of rotatable bonds is 3. The van der Waals surface area contributed by atoms with E-state index in [-0.39, 0.29) is 17.2 Å². The van der Waals surface area contributed by atoms with Gasteiger partial charge in [0.2, 0.25) is 6.17 Å². The van der Waals surface area contributed by atoms with E-state index in [1.54, 1.807) is 24.0 Å². The molecule has 0 radical (unpaired) electrons. The van der Waals surface area contributed by atoms with Gasteiger partial charge in [-0.3, -0.25) is 24.3 Å². The van der Waals surface area contributed by atoms with Gasteiger partial charge in [-0.2, -0.15) is 0 Å². The van der Waals surface area contributed by atoms with Crippen molar-refractivity contribution in [3.05, 3.63) is 109 Å². The molecule has 0 aliphatic carbocycles. The van der Waals surface area contributed by atoms with Crippen molar-refractivity contribution in [2.24, 2.45) is 4.99 Å². The number of anilines is 1. The molecule has 0 bridgehead atoms. The summed E-state index contributed by atoms with van der Waals surface area (Å²) < 4.78 is 1.34. The van der Waals surface area contributed by atoms with Crippen molar-refractivity contribution in [3.63, 3.8) is 0 Å². The number of aromatic nitrogens is 2. The molecule has 3 heterocycles. The van der Waals surface area contributed by atoms with Crippen molar-refractivity contribution in [2.75, 3.05) is 11.4 Å². The quantitative estimate of drug-likeness (QED) is 0.327. The van der Waals surface area contributed by atoms with Crippen LogP contribution in [0.15, 0.2) is 70.5 Å². The summed E-state index contributed by atoms with van der Waals surface area (Å²) in [7, 11) is 0. The molecule has 1 aromatic heterocycles. The smallest absolute Gasteiger partial charge is 0.272 e. The van der Waals surface area contributed by atoms with Crippen LogP contribution in [0.4, 0.5) is 11.4 Å². The number of amides is 1. The highest BCUT2D eigenvalue weighted by atomic mass is 16.6. The van der Waals surface area contributed by atoms with Crippen LogP contribution in [0, 0.1) is 24.0 Å². The average Bonchev–Trinajstić information content (AvgIpc) is 3.26. The Morgan fingerprint density at radius 2 is 1.81 bits per heavy atom. The van der Waals surface area contributed by atoms with Gasteiger partial charge in [-0.25, -0.2) is 9.98 Å². The molecule has 6 rings (SSSR count). The Balaban J connectivity index is 1.67. The third-order valence-corrected chi connectivity index (χ3v) is 6.85. The lowest BCUT2D eigenvalue weighted by Crippen LogP contribution is -2.39. The van der Waals surface area contributed by atoms with Crippen LogP contribution in [0.2, 0.25) is 0 Å². The van der Waals surface area contributed by atoms with Gasteiger partial charge in [-0.15, -0.1) is 0 Å². The predicted molar refractivity (Wildman–Crippen MR) is 136 cm³/mol. The van der Waals surface area contributed by atoms with Gasteiger partial charge in [-0.1, -0.05) is 42.5 Å². The molecule has 0 fully saturated rings. The van der Waals surface area contributed by atoms with E-state index in [9.17, 15) is 19.7 Å². The molecule has 2 aliphatic rings. The Bertz CT molecular complexity index is 1690. The van der Waals surface area contributed by atoms with Crippen LogP contribution in [0.1, 0.15) is 34.2 Å². The molecule has 1 atom stereocenters. The molecular weight excluding hydrogens is 458 g/mol. The van der Waals surface area contributed by atoms with E-state index in [0.29, 0.717) is 57.8 Å². The highest BCUT2D eigenvalue weighted by molar-refractivity contribution is 6.21. The van der Waals surface area contributed by atoms with E-state index in [2.05, 4.69) is 4.98 Å². The largest absolute Gasteiger partial charge is 0.308 e. The Kier molecular flexibility index (Phi) is 4.82. The Morgan fingerprint density at radius 1 is 1.03 bits per heavy atom. The molecule has 3 aromatic carbocycles. The normalized spacial score (nSPS) is 16.6. The Labute approximate surface area is 205 Å². The summed E-state index contributed by atoms with van der Waals surface area (Å²) in [6.07, 6.45) is -0.726. The van der Waals surface area contributed by atoms with Crippen molar-refractivity contribution < 1.29 is 9.72 Å². The fourth-order valence-electron chi connectivity index (χ4n) is 5.18. The minimum absolute atomic E-state index is 0.0590. The zero-order valence-electron chi connectivity index (χ0n) is 19.6. The van der Waals surface area contributed by atoms with Crippen molar-refractivity contribution >= 4 is 33.9 Å². The van der Waals surface area contributed by atoms with E-state index >= 15 is 0 Å². The SMILES string of the molecule is Cc1cccc2c(=O)n(C3N=C(c4ccccc4)c4cc([N+](=O)[O-])cc5c4N(CC5)C3=O)c(C)nc12. The maximum Gasteiger partial charge on any atom is 0.272 e. The number of non-ortho nitro benzene ring substituents is 1. The zero-order valence-corrected chi connectivity index (χ0v) is 19.6. The van der Waals surface area contributed by atoms with Gasteiger partial charge in [0.1, 0.15) is 5.82 Å². The summed E-state index contributed by atoms with van der Waals surface area (Å²) in [5.74, 6) is 0.00135. The summed E-state index contributed by atoms with van der Waals surface area (Å²) in [6, 6.07) is 17.6. The van der Waals surface area contributed by atoms with E-state index < -0.39 is 11.1 Å². The summed E-state index contributed by atoms with van der Waals surface area (Å²) in [4.78, 5) is 50.1. The Hall–Kier alpha value is -4.66. The molecule has 0 spiro atoms. The highest BCUT2D eigenvalue weighted by Gasteiger charge is 2.39. The summed E-state index contributed by atoms with van der Waals surface area (Å²) >= 11 is 0. The molecule has 36 heavy (non-hydrogen) atoms. The highest BCUT2D eigenvalue weighted by Crippen LogP contribution is 2.40. The number of aliphatic imine (C=N–C) groups is 1. The topological polar surface area (TPSA) is 111 Å². The number of carbonyl (C=O) groups is 1. The lowest BCUT2D eigenvalue weighted by atomic mass is 9.97. The summed E-state index contributed by atoms with van der Waals surface area (Å²) in [5.41, 5.74) is 4.00. The first-order chi connectivity index (χ1) is 17.3. The van der Waals surface area contributed by atoms with Crippen LogP contribution in [0.5, 0.6) is 0 Å². The number of hydrogen-bond acceptors (Lipinski definition) is 6. The molecule has 9 heteroatoms. The molecule has 2 aliphatic heterocycles. The van der Waals surface area contributed by atoms with E-state index in [1.165, 1.54) is 16.7 Å². The first-order valence-corrected chi connectivity index (χ1v) is 11.6. The summed E-state index contributed by atoms with van der Waals surface area (Å²) in [5, 5.41) is 12.1. The summed E-state index contributed by atoms with van der Waals surface area (Å²) in [6.45, 7) is 3.93. The number of hydrogen-bond donors (Lipinski definition) is 0. The first-order valence-electron chi connectivity index (χ1n) is 11.6. The molecule has 0 saturated carbocycles. The van der Waals surface area contributed by atoms with Gasteiger partial charge in [0.25, 0.3) is 17.2 Å². The van der Waals surface area contributed by atoms with Crippen LogP contribution >= 0.6 is 0 Å². The zero-order chi connectivity index (χ0) is 25.1. The number of fused-ring (bicyclic) bond motifs is 1. The number of para-hydroxylation sites is 1. The predicted octanol–water partition coefficient (Wildman–Crippen LogP) is 3.86. The standard InChI is InChI=1S/C27H21N5O4/c1-15-7-6-10-20-22(15)28-16(2)31(26(20)33)25-27(34)30-12-11-18-13-19(32(35)36)14-21(24(18)30)23(29-25)17-8-4-3-5-9-17/h3-10,13-14,25H,11-12H2,1-2H3. The van der Waals surface area contributed by atoms with Gasteiger partial charge in [0, 0.05) is 29.8 Å². The van der Waals surface area contributed by atoms with E-state index in [0.717, 1.165) is 5.56 Å². The average molecular weight is 479 g/mol. The first kappa shape index (κ1) is 21.8. The van der Waals surface area contributed by atoms with Gasteiger partial charge >= 0.3 is 0 Å². The number of carbonyl (C=O) groups excluding carboxylic acids is 1. The fraction of sp³-hybridized carbons (Fsp3) is 0.185. The Morgan fingerprint density at radius 3 is 2.56 bits per heavy atom. The van der Waals surface area contributed by atoms with Gasteiger partial charge in [0.05, 0.1) is 27.2 Å². The van der Waals surface area contributed by atoms with Crippen LogP contribution in [-0.4, -0.2) is 32.6 Å². The third kappa shape index (κ3) is 3.16. The molecule has 178 valence electrons. The van der Waals surface area contributed by atoms with Crippen molar-refractivity contribution in [3.8, 4) is 0 Å². The number of aryl methyl sites for hydroxylation is 2. The van der Waals surface area contributed by atoms with E-state index in [4.69, 9.17) is 4.99 Å². The van der Waals surface area contributed by atoms with Crippen LogP contribution in [-0.2, 0) is 11.2 Å². The van der Waals surface area contributed by atoms with Gasteiger partial charge in [-0.05, 0) is 37.5 Å². The number of benzene rings is 3. The maximum absolute atomic E-state index is 14.0. The van der Waals surface area contributed by atoms with Crippen molar-refractivity contribution in [1.82, 2.24) is 9.55 Å². The number of nitrogens with zero attached hydrogens (tertiary/aromatic N) is 5. The number of nitro groups is 1. The van der Waals surface area contributed by atoms with Gasteiger partial charge < -0.3 is 4.90 Å². The van der Waals surface area contributed by atoms with Crippen molar-refractivity contribution in [1.29, 1.82) is 0 Å². The maximum atomic E-state index is 14.0. The molecule has 1 amide bonds. The molecule has 0 N–H and O–H groups in total. The van der Waals surface area contributed by atoms with Gasteiger partial charge in [0.15, 0.2) is 0 Å². The minimum atomic E-state index is -1.21. The fourth-order valence-corrected chi connectivity index (χ4v) is 5.18. The molecule has 1 unspecified atom stereocenters. The second kappa shape index (κ2) is 7.94. The van der Waals surface area contributed by atoms with E-state index in [1.807, 2.05) is 43.3 Å². The molecule has 9 nitrogen and oxygen atoms in total. The van der Waals surface area contributed by atoms with Crippen molar-refractivity contribution in [2.45, 2.75) is 26.4 Å². The van der Waals surface area contributed by atoms with Crippen LogP contribution in [0.3, 0.4) is 0 Å². The monoisotopic (exact) mass is 479 g/mol. The second-order valence-electron chi connectivity index (χ2n) is 9.02.